The summed E-state index contributed by atoms with van der Waals surface area (Å²) in [4.78, 5) is 11.9. The number of aryl methyl sites for hydroxylation is 1. The molecule has 1 aromatic rings. The lowest BCUT2D eigenvalue weighted by Gasteiger charge is -2.15. The summed E-state index contributed by atoms with van der Waals surface area (Å²) in [7, 11) is 0. The topological polar surface area (TPSA) is 35.5 Å². The number of rotatable bonds is 13. The van der Waals surface area contributed by atoms with Gasteiger partial charge < -0.3 is 9.47 Å². The fraction of sp³-hybridized carbons (Fsp3) is 0.682. The van der Waals surface area contributed by atoms with Crippen molar-refractivity contribution in [1.82, 2.24) is 0 Å². The maximum atomic E-state index is 11.9. The van der Waals surface area contributed by atoms with Gasteiger partial charge in [0, 0.05) is 0 Å². The maximum absolute atomic E-state index is 11.9. The Bertz CT molecular complexity index is 482. The van der Waals surface area contributed by atoms with E-state index in [0.717, 1.165) is 25.7 Å². The predicted molar refractivity (Wildman–Crippen MR) is 104 cm³/mol. The summed E-state index contributed by atoms with van der Waals surface area (Å²) in [5.74, 6) is 0.686. The summed E-state index contributed by atoms with van der Waals surface area (Å²) in [6.45, 7) is 6.83. The molecule has 25 heavy (non-hydrogen) atoms. The van der Waals surface area contributed by atoms with Crippen LogP contribution in [0.25, 0.3) is 0 Å². The molecule has 0 aliphatic heterocycles. The summed E-state index contributed by atoms with van der Waals surface area (Å²) in [6, 6.07) is 6.08. The molecule has 0 bridgehead atoms. The fourth-order valence-electron chi connectivity index (χ4n) is 3.00. The van der Waals surface area contributed by atoms with E-state index in [1.54, 1.807) is 0 Å². The van der Waals surface area contributed by atoms with E-state index < -0.39 is 6.16 Å². The van der Waals surface area contributed by atoms with Crippen LogP contribution in [0.5, 0.6) is 5.75 Å². The normalized spacial score (nSPS) is 10.7. The van der Waals surface area contributed by atoms with E-state index >= 15 is 0 Å². The molecule has 0 aliphatic carbocycles. The molecule has 0 heterocycles. The van der Waals surface area contributed by atoms with Crippen LogP contribution in [0.15, 0.2) is 18.2 Å². The van der Waals surface area contributed by atoms with Gasteiger partial charge in [-0.2, -0.15) is 0 Å². The first-order valence-corrected chi connectivity index (χ1v) is 10.2. The smallest absolute Gasteiger partial charge is 0.434 e. The molecule has 142 valence electrons. The average Bonchev–Trinajstić information content (AvgIpc) is 2.62. The van der Waals surface area contributed by atoms with Gasteiger partial charge in [0.1, 0.15) is 5.75 Å². The lowest BCUT2D eigenvalue weighted by Crippen LogP contribution is -2.13. The van der Waals surface area contributed by atoms with Crippen LogP contribution in [0.3, 0.4) is 0 Å². The number of unbranched alkanes of at least 4 members (excludes halogenated alkanes) is 6. The van der Waals surface area contributed by atoms with E-state index in [9.17, 15) is 4.79 Å². The van der Waals surface area contributed by atoms with Crippen molar-refractivity contribution in [1.29, 1.82) is 0 Å². The standard InChI is InChI=1S/C22H36O3/c1-4-7-9-11-14-19-15-13-17-21(25-22(23)24-18-6-3)20(19)16-12-10-8-5-2/h13,15,17H,4-12,14,16,18H2,1-3H3. The van der Waals surface area contributed by atoms with E-state index in [0.29, 0.717) is 12.4 Å². The quantitative estimate of drug-likeness (QED) is 0.222. The highest BCUT2D eigenvalue weighted by atomic mass is 16.7. The highest BCUT2D eigenvalue weighted by molar-refractivity contribution is 5.65. The minimum atomic E-state index is -0.584. The number of carbonyl (C=O) groups is 1. The molecule has 3 nitrogen and oxygen atoms in total. The zero-order valence-electron chi connectivity index (χ0n) is 16.4. The average molecular weight is 349 g/mol. The largest absolute Gasteiger partial charge is 0.513 e. The first-order chi connectivity index (χ1) is 12.2. The molecule has 0 spiro atoms. The van der Waals surface area contributed by atoms with Gasteiger partial charge >= 0.3 is 6.16 Å². The molecular formula is C22H36O3. The Kier molecular flexibility index (Phi) is 11.8. The van der Waals surface area contributed by atoms with Gasteiger partial charge in [0.2, 0.25) is 0 Å². The predicted octanol–water partition coefficient (Wildman–Crippen LogP) is 6.86. The number of hydrogen-bond donors (Lipinski definition) is 0. The summed E-state index contributed by atoms with van der Waals surface area (Å²) < 4.78 is 10.6. The third-order valence-corrected chi connectivity index (χ3v) is 4.43. The monoisotopic (exact) mass is 348 g/mol. The summed E-state index contributed by atoms with van der Waals surface area (Å²) in [5, 5.41) is 0. The van der Waals surface area contributed by atoms with Crippen LogP contribution in [0.1, 0.15) is 89.7 Å². The van der Waals surface area contributed by atoms with Gasteiger partial charge in [-0.05, 0) is 49.3 Å². The van der Waals surface area contributed by atoms with Crippen molar-refractivity contribution in [2.45, 2.75) is 91.4 Å². The molecule has 0 aromatic heterocycles. The van der Waals surface area contributed by atoms with Gasteiger partial charge in [-0.25, -0.2) is 4.79 Å². The second-order valence-electron chi connectivity index (χ2n) is 6.72. The summed E-state index contributed by atoms with van der Waals surface area (Å²) in [5.41, 5.74) is 2.52. The third kappa shape index (κ3) is 8.94. The van der Waals surface area contributed by atoms with E-state index in [1.807, 2.05) is 19.1 Å². The molecule has 3 heteroatoms. The second-order valence-corrected chi connectivity index (χ2v) is 6.72. The lowest BCUT2D eigenvalue weighted by atomic mass is 9.96. The van der Waals surface area contributed by atoms with Crippen molar-refractivity contribution in [2.24, 2.45) is 0 Å². The molecular weight excluding hydrogens is 312 g/mol. The first kappa shape index (κ1) is 21.5. The summed E-state index contributed by atoms with van der Waals surface area (Å²) in [6.07, 6.45) is 12.1. The molecule has 0 atom stereocenters. The summed E-state index contributed by atoms with van der Waals surface area (Å²) >= 11 is 0. The number of ether oxygens (including phenoxy) is 2. The zero-order valence-corrected chi connectivity index (χ0v) is 16.4. The zero-order chi connectivity index (χ0) is 18.3. The Morgan fingerprint density at radius 2 is 1.52 bits per heavy atom. The van der Waals surface area contributed by atoms with Crippen molar-refractivity contribution in [2.75, 3.05) is 6.61 Å². The molecule has 1 aromatic carbocycles. The van der Waals surface area contributed by atoms with Crippen LogP contribution in [-0.4, -0.2) is 12.8 Å². The Morgan fingerprint density at radius 3 is 2.16 bits per heavy atom. The van der Waals surface area contributed by atoms with Gasteiger partial charge in [-0.3, -0.25) is 0 Å². The van der Waals surface area contributed by atoms with Gasteiger partial charge in [0.05, 0.1) is 6.61 Å². The molecule has 0 radical (unpaired) electrons. The minimum absolute atomic E-state index is 0.404. The molecule has 0 fully saturated rings. The Balaban J connectivity index is 2.78. The molecule has 0 saturated carbocycles. The van der Waals surface area contributed by atoms with E-state index in [1.165, 1.54) is 56.1 Å². The Morgan fingerprint density at radius 1 is 0.840 bits per heavy atom. The molecule has 1 rings (SSSR count). The molecule has 0 amide bonds. The highest BCUT2D eigenvalue weighted by Crippen LogP contribution is 2.27. The van der Waals surface area contributed by atoms with E-state index in [2.05, 4.69) is 19.9 Å². The Hall–Kier alpha value is -1.51. The molecule has 0 saturated heterocycles. The van der Waals surface area contributed by atoms with Crippen molar-refractivity contribution >= 4 is 6.16 Å². The number of hydrogen-bond acceptors (Lipinski definition) is 3. The van der Waals surface area contributed by atoms with Crippen molar-refractivity contribution in [3.8, 4) is 5.75 Å². The van der Waals surface area contributed by atoms with Gasteiger partial charge in [0.25, 0.3) is 0 Å². The van der Waals surface area contributed by atoms with Gasteiger partial charge in [0.15, 0.2) is 0 Å². The highest BCUT2D eigenvalue weighted by Gasteiger charge is 2.13. The van der Waals surface area contributed by atoms with Crippen LogP contribution >= 0.6 is 0 Å². The van der Waals surface area contributed by atoms with Crippen LogP contribution in [0.2, 0.25) is 0 Å². The fourth-order valence-corrected chi connectivity index (χ4v) is 3.00. The van der Waals surface area contributed by atoms with E-state index in [4.69, 9.17) is 9.47 Å². The molecule has 0 N–H and O–H groups in total. The van der Waals surface area contributed by atoms with Crippen molar-refractivity contribution < 1.29 is 14.3 Å². The molecule has 0 unspecified atom stereocenters. The number of benzene rings is 1. The lowest BCUT2D eigenvalue weighted by molar-refractivity contribution is 0.0988. The third-order valence-electron chi connectivity index (χ3n) is 4.43. The number of carbonyl (C=O) groups excluding carboxylic acids is 1. The first-order valence-electron chi connectivity index (χ1n) is 10.2. The van der Waals surface area contributed by atoms with Gasteiger partial charge in [-0.1, -0.05) is 71.4 Å². The van der Waals surface area contributed by atoms with Crippen molar-refractivity contribution in [3.63, 3.8) is 0 Å². The van der Waals surface area contributed by atoms with Crippen LogP contribution in [-0.2, 0) is 17.6 Å². The van der Waals surface area contributed by atoms with Crippen LogP contribution < -0.4 is 4.74 Å². The Labute approximate surface area is 154 Å². The van der Waals surface area contributed by atoms with E-state index in [-0.39, 0.29) is 0 Å². The second kappa shape index (κ2) is 13.7. The van der Waals surface area contributed by atoms with Gasteiger partial charge in [-0.15, -0.1) is 0 Å². The van der Waals surface area contributed by atoms with Crippen LogP contribution in [0, 0.1) is 0 Å². The maximum Gasteiger partial charge on any atom is 0.513 e. The van der Waals surface area contributed by atoms with Crippen molar-refractivity contribution in [3.05, 3.63) is 29.3 Å². The van der Waals surface area contributed by atoms with Crippen LogP contribution in [0.4, 0.5) is 4.79 Å². The minimum Gasteiger partial charge on any atom is -0.434 e. The molecule has 0 aliphatic rings. The SMILES string of the molecule is CCCCCCc1cccc(OC(=O)OCCC)c1CCCCCC.